The maximum Gasteiger partial charge on any atom is 0.435 e. The van der Waals surface area contributed by atoms with Crippen LogP contribution in [0.4, 0.5) is 18.9 Å². The van der Waals surface area contributed by atoms with E-state index in [1.807, 2.05) is 0 Å². The van der Waals surface area contributed by atoms with Crippen molar-refractivity contribution in [2.24, 2.45) is 12.8 Å². The monoisotopic (exact) mass is 614 g/mol. The van der Waals surface area contributed by atoms with Gasteiger partial charge in [-0.15, -0.1) is 12.4 Å². The average Bonchev–Trinajstić information content (AvgIpc) is 3.55. The molecule has 0 radical (unpaired) electrons. The highest BCUT2D eigenvalue weighted by Gasteiger charge is 2.40. The first-order valence-corrected chi connectivity index (χ1v) is 12.9. The summed E-state index contributed by atoms with van der Waals surface area (Å²) in [5.41, 5.74) is 4.79. The number of halogens is 5. The number of benzene rings is 1. The van der Waals surface area contributed by atoms with Gasteiger partial charge in [0.1, 0.15) is 0 Å². The van der Waals surface area contributed by atoms with Crippen LogP contribution in [0.1, 0.15) is 45.6 Å². The molecule has 1 aliphatic carbocycles. The van der Waals surface area contributed by atoms with E-state index in [2.05, 4.69) is 15.4 Å². The van der Waals surface area contributed by atoms with Crippen LogP contribution < -0.4 is 11.1 Å². The molecule has 3 N–H and O–H groups in total. The van der Waals surface area contributed by atoms with E-state index in [-0.39, 0.29) is 70.2 Å². The molecule has 16 heteroatoms. The molecule has 1 aromatic carbocycles. The maximum atomic E-state index is 13.7. The minimum Gasteiger partial charge on any atom is -0.338 e. The number of carbonyl (C=O) groups is 3. The summed E-state index contributed by atoms with van der Waals surface area (Å²) in [6.45, 7) is 1.30. The Morgan fingerprint density at radius 2 is 1.78 bits per heavy atom. The zero-order valence-corrected chi connectivity index (χ0v) is 23.4. The fourth-order valence-corrected chi connectivity index (χ4v) is 4.86. The van der Waals surface area contributed by atoms with Gasteiger partial charge in [0.25, 0.3) is 11.8 Å². The van der Waals surface area contributed by atoms with Gasteiger partial charge in [0.05, 0.1) is 40.6 Å². The molecule has 1 saturated carbocycles. The predicted octanol–water partition coefficient (Wildman–Crippen LogP) is 3.21. The van der Waals surface area contributed by atoms with Crippen LogP contribution in [0.2, 0.25) is 5.02 Å². The molecule has 3 heterocycles. The molecule has 41 heavy (non-hydrogen) atoms. The smallest absolute Gasteiger partial charge is 0.338 e. The van der Waals surface area contributed by atoms with E-state index in [1.54, 1.807) is 9.80 Å². The SMILES string of the molecule is Cl.Cn1c(-c2cn(C3CC3)nc2C(F)(F)F)cnc1C(=O)Nc1ccc(C(=O)N2CCN(C(=O)CN)CC2)c(Cl)c1. The van der Waals surface area contributed by atoms with E-state index >= 15 is 0 Å². The summed E-state index contributed by atoms with van der Waals surface area (Å²) in [4.78, 5) is 44.9. The van der Waals surface area contributed by atoms with Crippen molar-refractivity contribution in [3.05, 3.63) is 52.7 Å². The minimum atomic E-state index is -4.67. The van der Waals surface area contributed by atoms with E-state index in [0.29, 0.717) is 26.2 Å². The first-order chi connectivity index (χ1) is 19.0. The lowest BCUT2D eigenvalue weighted by Crippen LogP contribution is -2.51. The number of nitrogens with two attached hydrogens (primary N) is 1. The van der Waals surface area contributed by atoms with Crippen molar-refractivity contribution in [3.63, 3.8) is 0 Å². The molecule has 0 atom stereocenters. The minimum absolute atomic E-state index is 0. The van der Waals surface area contributed by atoms with Crippen molar-refractivity contribution in [1.82, 2.24) is 29.1 Å². The van der Waals surface area contributed by atoms with E-state index in [1.165, 1.54) is 46.9 Å². The van der Waals surface area contributed by atoms with Gasteiger partial charge in [-0.05, 0) is 31.0 Å². The first-order valence-electron chi connectivity index (χ1n) is 12.5. The third kappa shape index (κ3) is 6.19. The predicted molar refractivity (Wildman–Crippen MR) is 146 cm³/mol. The highest BCUT2D eigenvalue weighted by Crippen LogP contribution is 2.41. The summed E-state index contributed by atoms with van der Waals surface area (Å²) < 4.78 is 43.6. The van der Waals surface area contributed by atoms with Gasteiger partial charge in [0.2, 0.25) is 5.91 Å². The Bertz CT molecular complexity index is 1480. The van der Waals surface area contributed by atoms with Gasteiger partial charge in [-0.1, -0.05) is 11.6 Å². The van der Waals surface area contributed by atoms with Crippen LogP contribution in [0.5, 0.6) is 0 Å². The Labute approximate surface area is 243 Å². The Kier molecular flexibility index (Phi) is 8.66. The standard InChI is InChI=1S/C25H26ClF3N8O3.ClH/c1-34-19(17-13-37(15-3-4-15)33-21(17)25(27,28)29)12-31-22(34)23(39)32-14-2-5-16(18(26)10-14)24(40)36-8-6-35(7-9-36)20(38)11-30;/h2,5,10,12-13,15H,3-4,6-9,11,30H2,1H3,(H,32,39);1H. The summed E-state index contributed by atoms with van der Waals surface area (Å²) in [5.74, 6) is -1.29. The van der Waals surface area contributed by atoms with E-state index in [0.717, 1.165) is 12.8 Å². The zero-order chi connectivity index (χ0) is 28.8. The second-order valence-corrected chi connectivity index (χ2v) is 10.1. The van der Waals surface area contributed by atoms with Crippen molar-refractivity contribution in [2.45, 2.75) is 25.1 Å². The molecule has 3 aromatic rings. The summed E-state index contributed by atoms with van der Waals surface area (Å²) >= 11 is 6.37. The number of amides is 3. The lowest BCUT2D eigenvalue weighted by molar-refractivity contribution is -0.141. The van der Waals surface area contributed by atoms with Gasteiger partial charge < -0.3 is 25.4 Å². The molecule has 1 aliphatic heterocycles. The summed E-state index contributed by atoms with van der Waals surface area (Å²) in [7, 11) is 1.45. The molecule has 3 amide bonds. The van der Waals surface area contributed by atoms with Crippen LogP contribution in [0.3, 0.4) is 0 Å². The van der Waals surface area contributed by atoms with Crippen molar-refractivity contribution in [3.8, 4) is 11.3 Å². The first kappa shape index (κ1) is 30.3. The lowest BCUT2D eigenvalue weighted by atomic mass is 10.1. The number of aromatic nitrogens is 4. The number of carbonyl (C=O) groups excluding carboxylic acids is 3. The number of hydrogen-bond acceptors (Lipinski definition) is 6. The second-order valence-electron chi connectivity index (χ2n) is 9.65. The highest BCUT2D eigenvalue weighted by atomic mass is 35.5. The lowest BCUT2D eigenvalue weighted by Gasteiger charge is -2.34. The molecule has 2 aliphatic rings. The number of hydrogen-bond donors (Lipinski definition) is 2. The molecular formula is C25H27Cl2F3N8O3. The molecule has 11 nitrogen and oxygen atoms in total. The van der Waals surface area contributed by atoms with Gasteiger partial charge in [-0.25, -0.2) is 4.98 Å². The molecule has 1 saturated heterocycles. The molecular weight excluding hydrogens is 588 g/mol. The van der Waals surface area contributed by atoms with Crippen LogP contribution >= 0.6 is 24.0 Å². The Hall–Kier alpha value is -3.62. The second kappa shape index (κ2) is 11.7. The quantitative estimate of drug-likeness (QED) is 0.438. The van der Waals surface area contributed by atoms with Crippen LogP contribution in [0.25, 0.3) is 11.3 Å². The van der Waals surface area contributed by atoms with Crippen LogP contribution in [0, 0.1) is 0 Å². The van der Waals surface area contributed by atoms with E-state index < -0.39 is 17.8 Å². The fourth-order valence-electron chi connectivity index (χ4n) is 4.60. The number of rotatable bonds is 6. The van der Waals surface area contributed by atoms with E-state index in [9.17, 15) is 27.6 Å². The number of nitrogens with zero attached hydrogens (tertiary/aromatic N) is 6. The number of alkyl halides is 3. The van der Waals surface area contributed by atoms with Gasteiger partial charge in [-0.2, -0.15) is 18.3 Å². The average molecular weight is 615 g/mol. The normalized spacial score (nSPS) is 15.5. The van der Waals surface area contributed by atoms with Gasteiger partial charge in [0, 0.05) is 45.1 Å². The van der Waals surface area contributed by atoms with Crippen LogP contribution in [0.15, 0.2) is 30.6 Å². The van der Waals surface area contributed by atoms with Gasteiger partial charge in [-0.3, -0.25) is 19.1 Å². The summed E-state index contributed by atoms with van der Waals surface area (Å²) in [6, 6.07) is 4.32. The fraction of sp³-hybridized carbons (Fsp3) is 0.400. The Balaban J connectivity index is 0.00000387. The number of nitrogens with one attached hydrogen (secondary N) is 1. The van der Waals surface area contributed by atoms with Crippen molar-refractivity contribution >= 4 is 47.4 Å². The largest absolute Gasteiger partial charge is 0.435 e. The van der Waals surface area contributed by atoms with Crippen molar-refractivity contribution < 1.29 is 27.6 Å². The Morgan fingerprint density at radius 3 is 2.37 bits per heavy atom. The molecule has 2 fully saturated rings. The summed E-state index contributed by atoms with van der Waals surface area (Å²) in [5, 5.41) is 6.47. The molecule has 0 spiro atoms. The molecule has 5 rings (SSSR count). The highest BCUT2D eigenvalue weighted by molar-refractivity contribution is 6.34. The van der Waals surface area contributed by atoms with Crippen LogP contribution in [-0.4, -0.2) is 79.6 Å². The summed E-state index contributed by atoms with van der Waals surface area (Å²) in [6.07, 6.45) is -0.611. The Morgan fingerprint density at radius 1 is 1.12 bits per heavy atom. The van der Waals surface area contributed by atoms with Crippen LogP contribution in [-0.2, 0) is 18.0 Å². The van der Waals surface area contributed by atoms with E-state index in [4.69, 9.17) is 17.3 Å². The third-order valence-corrected chi connectivity index (χ3v) is 7.25. The van der Waals surface area contributed by atoms with Crippen molar-refractivity contribution in [1.29, 1.82) is 0 Å². The molecule has 2 aromatic heterocycles. The van der Waals surface area contributed by atoms with Crippen molar-refractivity contribution in [2.75, 3.05) is 38.0 Å². The molecule has 0 bridgehead atoms. The third-order valence-electron chi connectivity index (χ3n) is 6.94. The number of piperazine rings is 1. The number of anilines is 1. The van der Waals surface area contributed by atoms with Gasteiger partial charge in [0.15, 0.2) is 11.5 Å². The molecule has 0 unspecified atom stereocenters. The van der Waals surface area contributed by atoms with Gasteiger partial charge >= 0.3 is 6.18 Å². The zero-order valence-electron chi connectivity index (χ0n) is 21.8. The number of imidazole rings is 1. The molecule has 220 valence electrons. The maximum absolute atomic E-state index is 13.7. The topological polar surface area (TPSA) is 131 Å².